The van der Waals surface area contributed by atoms with Crippen LogP contribution in [0, 0.1) is 5.92 Å². The van der Waals surface area contributed by atoms with Gasteiger partial charge in [-0.25, -0.2) is 0 Å². The molecule has 2 heteroatoms. The molecule has 0 spiro atoms. The summed E-state index contributed by atoms with van der Waals surface area (Å²) in [6, 6.07) is 0.665. The Morgan fingerprint density at radius 3 is 2.11 bits per heavy atom. The molecule has 0 aromatic carbocycles. The molecule has 2 nitrogen and oxygen atoms in total. The maximum Gasteiger partial charge on any atom is 0.0613 e. The van der Waals surface area contributed by atoms with Crippen molar-refractivity contribution in [3.63, 3.8) is 0 Å². The molecule has 0 unspecified atom stereocenters. The van der Waals surface area contributed by atoms with Gasteiger partial charge in [0.1, 0.15) is 0 Å². The van der Waals surface area contributed by atoms with E-state index in [1.807, 2.05) is 0 Å². The van der Waals surface area contributed by atoms with Crippen LogP contribution >= 0.6 is 0 Å². The lowest BCUT2D eigenvalue weighted by Crippen LogP contribution is -2.54. The minimum absolute atomic E-state index is 0.0562. The van der Waals surface area contributed by atoms with Crippen molar-refractivity contribution in [1.82, 2.24) is 5.32 Å². The number of hydrogen-bond donors (Lipinski definition) is 2. The number of rotatable bonds is 4. The van der Waals surface area contributed by atoms with E-state index in [1.165, 1.54) is 70.6 Å². The fourth-order valence-corrected chi connectivity index (χ4v) is 3.84. The molecule has 18 heavy (non-hydrogen) atoms. The molecule has 2 fully saturated rings. The molecule has 0 atom stereocenters. The van der Waals surface area contributed by atoms with Gasteiger partial charge in [0.25, 0.3) is 0 Å². The number of aliphatic hydroxyl groups is 1. The van der Waals surface area contributed by atoms with Crippen LogP contribution in [-0.4, -0.2) is 23.3 Å². The molecule has 2 N–H and O–H groups in total. The van der Waals surface area contributed by atoms with Gasteiger partial charge in [-0.2, -0.15) is 0 Å². The SMILES string of the molecule is CCC1CCC(CO)(NC2CCCCCC2)CC1. The van der Waals surface area contributed by atoms with Crippen molar-refractivity contribution < 1.29 is 5.11 Å². The van der Waals surface area contributed by atoms with Gasteiger partial charge in [0.15, 0.2) is 0 Å². The van der Waals surface area contributed by atoms with E-state index in [9.17, 15) is 5.11 Å². The van der Waals surface area contributed by atoms with Gasteiger partial charge in [0, 0.05) is 11.6 Å². The van der Waals surface area contributed by atoms with E-state index >= 15 is 0 Å². The van der Waals surface area contributed by atoms with Gasteiger partial charge in [0.2, 0.25) is 0 Å². The highest BCUT2D eigenvalue weighted by Crippen LogP contribution is 2.34. The predicted molar refractivity (Wildman–Crippen MR) is 76.7 cm³/mol. The third-order valence-electron chi connectivity index (χ3n) is 5.31. The Morgan fingerprint density at radius 1 is 1.00 bits per heavy atom. The van der Waals surface area contributed by atoms with Crippen molar-refractivity contribution in [2.24, 2.45) is 5.92 Å². The molecule has 0 aliphatic heterocycles. The summed E-state index contributed by atoms with van der Waals surface area (Å²) in [5.74, 6) is 0.903. The molecular formula is C16H31NO. The van der Waals surface area contributed by atoms with Crippen LogP contribution < -0.4 is 5.32 Å². The number of hydrogen-bond acceptors (Lipinski definition) is 2. The summed E-state index contributed by atoms with van der Waals surface area (Å²) in [4.78, 5) is 0. The minimum atomic E-state index is 0.0562. The third kappa shape index (κ3) is 3.71. The molecule has 0 radical (unpaired) electrons. The lowest BCUT2D eigenvalue weighted by Gasteiger charge is -2.42. The van der Waals surface area contributed by atoms with Crippen LogP contribution in [-0.2, 0) is 0 Å². The predicted octanol–water partition coefficient (Wildman–Crippen LogP) is 3.63. The van der Waals surface area contributed by atoms with Gasteiger partial charge < -0.3 is 10.4 Å². The summed E-state index contributed by atoms with van der Waals surface area (Å²) in [5, 5.41) is 13.7. The molecule has 0 aromatic heterocycles. The van der Waals surface area contributed by atoms with Crippen molar-refractivity contribution in [2.45, 2.75) is 89.1 Å². The highest BCUT2D eigenvalue weighted by Gasteiger charge is 2.35. The zero-order valence-corrected chi connectivity index (χ0v) is 12.1. The van der Waals surface area contributed by atoms with E-state index in [4.69, 9.17) is 0 Å². The second kappa shape index (κ2) is 6.91. The average Bonchev–Trinajstić information content (AvgIpc) is 2.68. The average molecular weight is 253 g/mol. The van der Waals surface area contributed by atoms with E-state index in [-0.39, 0.29) is 5.54 Å². The van der Waals surface area contributed by atoms with Crippen LogP contribution in [0.2, 0.25) is 0 Å². The largest absolute Gasteiger partial charge is 0.394 e. The Labute approximate surface area is 113 Å². The van der Waals surface area contributed by atoms with Gasteiger partial charge in [-0.15, -0.1) is 0 Å². The Kier molecular flexibility index (Phi) is 5.50. The second-order valence-corrected chi connectivity index (χ2v) is 6.62. The molecule has 0 amide bonds. The van der Waals surface area contributed by atoms with E-state index in [0.29, 0.717) is 12.6 Å². The smallest absolute Gasteiger partial charge is 0.0613 e. The van der Waals surface area contributed by atoms with Crippen molar-refractivity contribution >= 4 is 0 Å². The molecule has 106 valence electrons. The Hall–Kier alpha value is -0.0800. The molecule has 2 aliphatic carbocycles. The molecule has 0 bridgehead atoms. The lowest BCUT2D eigenvalue weighted by atomic mass is 9.75. The second-order valence-electron chi connectivity index (χ2n) is 6.62. The zero-order valence-electron chi connectivity index (χ0n) is 12.1. The van der Waals surface area contributed by atoms with Crippen LogP contribution in [0.5, 0.6) is 0 Å². The molecule has 2 rings (SSSR count). The van der Waals surface area contributed by atoms with Crippen LogP contribution in [0.25, 0.3) is 0 Å². The van der Waals surface area contributed by atoms with Gasteiger partial charge in [-0.05, 0) is 44.4 Å². The van der Waals surface area contributed by atoms with E-state index in [2.05, 4.69) is 12.2 Å². The Bertz CT molecular complexity index is 225. The molecule has 0 saturated heterocycles. The topological polar surface area (TPSA) is 32.3 Å². The summed E-state index contributed by atoms with van der Waals surface area (Å²) in [7, 11) is 0. The van der Waals surface area contributed by atoms with Crippen molar-refractivity contribution in [3.8, 4) is 0 Å². The fourth-order valence-electron chi connectivity index (χ4n) is 3.84. The minimum Gasteiger partial charge on any atom is -0.394 e. The summed E-state index contributed by atoms with van der Waals surface area (Å²) in [5.41, 5.74) is 0.0562. The third-order valence-corrected chi connectivity index (χ3v) is 5.31. The number of aliphatic hydroxyl groups excluding tert-OH is 1. The molecular weight excluding hydrogens is 222 g/mol. The van der Waals surface area contributed by atoms with E-state index < -0.39 is 0 Å². The maximum atomic E-state index is 9.84. The van der Waals surface area contributed by atoms with Crippen molar-refractivity contribution in [1.29, 1.82) is 0 Å². The quantitative estimate of drug-likeness (QED) is 0.750. The summed E-state index contributed by atoms with van der Waals surface area (Å²) >= 11 is 0. The molecule has 2 saturated carbocycles. The first-order valence-corrected chi connectivity index (χ1v) is 8.16. The van der Waals surface area contributed by atoms with Gasteiger partial charge in [-0.3, -0.25) is 0 Å². The van der Waals surface area contributed by atoms with Crippen LogP contribution in [0.1, 0.15) is 77.6 Å². The summed E-state index contributed by atoms with van der Waals surface area (Å²) in [6.45, 7) is 2.63. The van der Waals surface area contributed by atoms with Gasteiger partial charge in [-0.1, -0.05) is 39.0 Å². The Balaban J connectivity index is 1.87. The normalized spacial score (nSPS) is 35.3. The molecule has 0 heterocycles. The highest BCUT2D eigenvalue weighted by atomic mass is 16.3. The standard InChI is InChI=1S/C16H31NO/c1-2-14-9-11-16(13-18,12-10-14)17-15-7-5-3-4-6-8-15/h14-15,17-18H,2-13H2,1H3. The van der Waals surface area contributed by atoms with Gasteiger partial charge >= 0.3 is 0 Å². The number of nitrogens with one attached hydrogen (secondary N) is 1. The van der Waals surface area contributed by atoms with Crippen LogP contribution in [0.15, 0.2) is 0 Å². The monoisotopic (exact) mass is 253 g/mol. The first kappa shape index (κ1) is 14.3. The van der Waals surface area contributed by atoms with E-state index in [0.717, 1.165) is 5.92 Å². The van der Waals surface area contributed by atoms with Crippen molar-refractivity contribution in [3.05, 3.63) is 0 Å². The van der Waals surface area contributed by atoms with Crippen LogP contribution in [0.4, 0.5) is 0 Å². The Morgan fingerprint density at radius 2 is 1.61 bits per heavy atom. The molecule has 2 aliphatic rings. The first-order chi connectivity index (χ1) is 8.78. The summed E-state index contributed by atoms with van der Waals surface area (Å²) < 4.78 is 0. The van der Waals surface area contributed by atoms with Crippen LogP contribution in [0.3, 0.4) is 0 Å². The maximum absolute atomic E-state index is 9.84. The summed E-state index contributed by atoms with van der Waals surface area (Å²) in [6.07, 6.45) is 14.5. The molecule has 0 aromatic rings. The lowest BCUT2D eigenvalue weighted by molar-refractivity contribution is 0.0876. The zero-order chi connectivity index (χ0) is 12.8. The van der Waals surface area contributed by atoms with Crippen molar-refractivity contribution in [2.75, 3.05) is 6.61 Å². The first-order valence-electron chi connectivity index (χ1n) is 8.16. The van der Waals surface area contributed by atoms with E-state index in [1.54, 1.807) is 0 Å². The highest BCUT2D eigenvalue weighted by molar-refractivity contribution is 4.94. The van der Waals surface area contributed by atoms with Gasteiger partial charge in [0.05, 0.1) is 6.61 Å². The fraction of sp³-hybridized carbons (Fsp3) is 1.00.